The van der Waals surface area contributed by atoms with Gasteiger partial charge in [-0.2, -0.15) is 0 Å². The van der Waals surface area contributed by atoms with E-state index in [4.69, 9.17) is 9.47 Å². The molecule has 0 bridgehead atoms. The maximum absolute atomic E-state index is 12.1. The molecule has 0 aliphatic rings. The molecule has 0 atom stereocenters. The van der Waals surface area contributed by atoms with Gasteiger partial charge in [0.2, 0.25) is 0 Å². The first-order chi connectivity index (χ1) is 13.1. The summed E-state index contributed by atoms with van der Waals surface area (Å²) in [6, 6.07) is 16.5. The largest absolute Gasteiger partial charge is 0.514 e. The zero-order chi connectivity index (χ0) is 20.9. The van der Waals surface area contributed by atoms with E-state index in [9.17, 15) is 4.79 Å². The molecule has 0 fully saturated rings. The summed E-state index contributed by atoms with van der Waals surface area (Å²) in [4.78, 5) is 12.1. The van der Waals surface area contributed by atoms with Gasteiger partial charge in [0.1, 0.15) is 11.4 Å². The van der Waals surface area contributed by atoms with E-state index in [2.05, 4.69) is 52.0 Å². The van der Waals surface area contributed by atoms with Crippen LogP contribution in [0.3, 0.4) is 0 Å². The van der Waals surface area contributed by atoms with Gasteiger partial charge in [0.05, 0.1) is 0 Å². The zero-order valence-electron chi connectivity index (χ0n) is 18.3. The van der Waals surface area contributed by atoms with Gasteiger partial charge in [-0.3, -0.25) is 0 Å². The average Bonchev–Trinajstić information content (AvgIpc) is 2.68. The Labute approximate surface area is 170 Å². The van der Waals surface area contributed by atoms with E-state index < -0.39 is 11.8 Å². The van der Waals surface area contributed by atoms with Crippen LogP contribution in [0.5, 0.6) is 5.75 Å². The van der Waals surface area contributed by atoms with Crippen molar-refractivity contribution in [2.24, 2.45) is 0 Å². The number of hydrogen-bond acceptors (Lipinski definition) is 3. The maximum Gasteiger partial charge on any atom is 0.514 e. The van der Waals surface area contributed by atoms with Crippen molar-refractivity contribution in [1.82, 2.24) is 0 Å². The predicted octanol–water partition coefficient (Wildman–Crippen LogP) is 7.23. The SMILES string of the molecule is CCC(C)(CC)OC(=O)Oc1ccc(C(C)(C)c2ccc(C(C)C)cc2)cc1. The second-order valence-electron chi connectivity index (χ2n) is 8.54. The van der Waals surface area contributed by atoms with Crippen molar-refractivity contribution in [3.8, 4) is 5.75 Å². The number of carbonyl (C=O) groups is 1. The van der Waals surface area contributed by atoms with Gasteiger partial charge in [-0.1, -0.05) is 77.9 Å². The summed E-state index contributed by atoms with van der Waals surface area (Å²) in [6.45, 7) is 14.7. The lowest BCUT2D eigenvalue weighted by Crippen LogP contribution is -2.31. The summed E-state index contributed by atoms with van der Waals surface area (Å²) in [5.74, 6) is 1.02. The first kappa shape index (κ1) is 22.0. The number of hydrogen-bond donors (Lipinski definition) is 0. The van der Waals surface area contributed by atoms with Gasteiger partial charge in [0, 0.05) is 5.41 Å². The van der Waals surface area contributed by atoms with Crippen LogP contribution in [0.1, 0.15) is 83.9 Å². The summed E-state index contributed by atoms with van der Waals surface area (Å²) >= 11 is 0. The fraction of sp³-hybridized carbons (Fsp3) is 0.480. The molecular weight excluding hydrogens is 348 g/mol. The highest BCUT2D eigenvalue weighted by Crippen LogP contribution is 2.33. The smallest absolute Gasteiger partial charge is 0.428 e. The first-order valence-corrected chi connectivity index (χ1v) is 10.2. The van der Waals surface area contributed by atoms with Crippen LogP contribution in [0.25, 0.3) is 0 Å². The lowest BCUT2D eigenvalue weighted by Gasteiger charge is -2.27. The molecule has 0 spiro atoms. The Hall–Kier alpha value is -2.29. The standard InChI is InChI=1S/C25H34O3/c1-8-25(7,9-2)28-23(26)27-22-16-14-21(15-17-22)24(5,6)20-12-10-19(11-13-20)18(3)4/h10-18H,8-9H2,1-7H3. The molecule has 0 saturated heterocycles. The first-order valence-electron chi connectivity index (χ1n) is 10.2. The minimum absolute atomic E-state index is 0.141. The zero-order valence-corrected chi connectivity index (χ0v) is 18.3. The van der Waals surface area contributed by atoms with E-state index in [1.165, 1.54) is 11.1 Å². The number of benzene rings is 2. The quantitative estimate of drug-likeness (QED) is 0.374. The molecule has 2 aromatic rings. The van der Waals surface area contributed by atoms with Crippen molar-refractivity contribution >= 4 is 6.16 Å². The lowest BCUT2D eigenvalue weighted by molar-refractivity contribution is -0.00724. The van der Waals surface area contributed by atoms with Crippen molar-refractivity contribution in [3.63, 3.8) is 0 Å². The minimum Gasteiger partial charge on any atom is -0.428 e. The molecule has 0 aliphatic heterocycles. The van der Waals surface area contributed by atoms with Crippen molar-refractivity contribution < 1.29 is 14.3 Å². The van der Waals surface area contributed by atoms with Gasteiger partial charge < -0.3 is 9.47 Å². The molecule has 152 valence electrons. The van der Waals surface area contributed by atoms with E-state index >= 15 is 0 Å². The van der Waals surface area contributed by atoms with Crippen LogP contribution in [-0.4, -0.2) is 11.8 Å². The fourth-order valence-corrected chi connectivity index (χ4v) is 3.10. The van der Waals surface area contributed by atoms with Crippen molar-refractivity contribution in [1.29, 1.82) is 0 Å². The van der Waals surface area contributed by atoms with E-state index in [1.54, 1.807) is 0 Å². The number of carbonyl (C=O) groups excluding carboxylic acids is 1. The Morgan fingerprint density at radius 3 is 1.75 bits per heavy atom. The van der Waals surface area contributed by atoms with Crippen molar-refractivity contribution in [2.75, 3.05) is 0 Å². The van der Waals surface area contributed by atoms with Crippen LogP contribution in [0.4, 0.5) is 4.79 Å². The van der Waals surface area contributed by atoms with Crippen LogP contribution < -0.4 is 4.74 Å². The molecular formula is C25H34O3. The third-order valence-corrected chi connectivity index (χ3v) is 5.90. The molecule has 0 aromatic heterocycles. The highest BCUT2D eigenvalue weighted by atomic mass is 16.7. The molecule has 3 heteroatoms. The van der Waals surface area contributed by atoms with Gasteiger partial charge in [-0.05, 0) is 54.5 Å². The van der Waals surface area contributed by atoms with Crippen LogP contribution >= 0.6 is 0 Å². The topological polar surface area (TPSA) is 35.5 Å². The molecule has 0 N–H and O–H groups in total. The van der Waals surface area contributed by atoms with E-state index in [0.29, 0.717) is 11.7 Å². The highest BCUT2D eigenvalue weighted by molar-refractivity contribution is 5.64. The molecule has 0 radical (unpaired) electrons. The lowest BCUT2D eigenvalue weighted by atomic mass is 9.77. The molecule has 28 heavy (non-hydrogen) atoms. The Kier molecular flexibility index (Phi) is 6.92. The van der Waals surface area contributed by atoms with Gasteiger partial charge in [0.15, 0.2) is 0 Å². The summed E-state index contributed by atoms with van der Waals surface area (Å²) in [7, 11) is 0. The second kappa shape index (κ2) is 8.81. The highest BCUT2D eigenvalue weighted by Gasteiger charge is 2.26. The molecule has 3 nitrogen and oxygen atoms in total. The normalized spacial score (nSPS) is 12.1. The van der Waals surface area contributed by atoms with Crippen LogP contribution in [-0.2, 0) is 10.2 Å². The average molecular weight is 383 g/mol. The van der Waals surface area contributed by atoms with E-state index in [0.717, 1.165) is 18.4 Å². The summed E-state index contributed by atoms with van der Waals surface area (Å²) in [5, 5.41) is 0. The Bertz CT molecular complexity index is 766. The van der Waals surface area contributed by atoms with Crippen LogP contribution in [0.15, 0.2) is 48.5 Å². The van der Waals surface area contributed by atoms with Gasteiger partial charge in [0.25, 0.3) is 0 Å². The molecule has 0 unspecified atom stereocenters. The molecule has 2 rings (SSSR count). The van der Waals surface area contributed by atoms with E-state index in [-0.39, 0.29) is 5.41 Å². The maximum atomic E-state index is 12.1. The summed E-state index contributed by atoms with van der Waals surface area (Å²) < 4.78 is 10.8. The second-order valence-corrected chi connectivity index (χ2v) is 8.54. The molecule has 2 aromatic carbocycles. The number of ether oxygens (including phenoxy) is 2. The third kappa shape index (κ3) is 5.15. The fourth-order valence-electron chi connectivity index (χ4n) is 3.10. The van der Waals surface area contributed by atoms with Gasteiger partial charge >= 0.3 is 6.16 Å². The van der Waals surface area contributed by atoms with Crippen molar-refractivity contribution in [2.45, 2.75) is 78.2 Å². The Balaban J connectivity index is 2.11. The molecule has 0 heterocycles. The predicted molar refractivity (Wildman–Crippen MR) is 115 cm³/mol. The summed E-state index contributed by atoms with van der Waals surface area (Å²) in [6.07, 6.45) is 0.852. The van der Waals surface area contributed by atoms with Gasteiger partial charge in [-0.25, -0.2) is 4.79 Å². The minimum atomic E-state index is -0.650. The van der Waals surface area contributed by atoms with Crippen LogP contribution in [0, 0.1) is 0 Å². The Morgan fingerprint density at radius 2 is 1.32 bits per heavy atom. The monoisotopic (exact) mass is 382 g/mol. The van der Waals surface area contributed by atoms with Crippen LogP contribution in [0.2, 0.25) is 0 Å². The molecule has 0 saturated carbocycles. The van der Waals surface area contributed by atoms with Gasteiger partial charge in [-0.15, -0.1) is 0 Å². The third-order valence-electron chi connectivity index (χ3n) is 5.90. The summed E-state index contributed by atoms with van der Waals surface area (Å²) in [5.41, 5.74) is 3.13. The van der Waals surface area contributed by atoms with Crippen molar-refractivity contribution in [3.05, 3.63) is 65.2 Å². The molecule has 0 amide bonds. The number of rotatable bonds is 7. The molecule has 0 aliphatic carbocycles. The van der Waals surface area contributed by atoms with E-state index in [1.807, 2.05) is 45.0 Å². The Morgan fingerprint density at radius 1 is 0.857 bits per heavy atom.